The van der Waals surface area contributed by atoms with Crippen molar-refractivity contribution in [1.29, 1.82) is 0 Å². The van der Waals surface area contributed by atoms with E-state index in [4.69, 9.17) is 4.74 Å². The van der Waals surface area contributed by atoms with Crippen molar-refractivity contribution in [3.8, 4) is 5.75 Å². The first-order chi connectivity index (χ1) is 15.0. The Hall–Kier alpha value is -3.14. The zero-order valence-corrected chi connectivity index (χ0v) is 19.9. The molecule has 0 aliphatic rings. The van der Waals surface area contributed by atoms with Gasteiger partial charge in [0.05, 0.1) is 12.9 Å². The molecule has 9 nitrogen and oxygen atoms in total. The Morgan fingerprint density at radius 1 is 1.09 bits per heavy atom. The molecule has 0 aliphatic heterocycles. The van der Waals surface area contributed by atoms with Crippen LogP contribution in [-0.2, 0) is 30.8 Å². The normalized spacial score (nSPS) is 11.6. The molecule has 0 saturated heterocycles. The molecule has 170 valence electrons. The third kappa shape index (κ3) is 4.85. The molecule has 0 aliphatic carbocycles. The SMILES string of the molecule is COc1ccc(CNC(=O)CSc2nc(C(C)(C)C)nc3c2c(=O)n(C)c(=O)n3C)cc1. The zero-order valence-electron chi connectivity index (χ0n) is 19.1. The van der Waals surface area contributed by atoms with Crippen LogP contribution < -0.4 is 21.3 Å². The molecule has 0 saturated carbocycles. The lowest BCUT2D eigenvalue weighted by Gasteiger charge is -2.19. The standard InChI is InChI=1S/C22H27N5O4S/c1-22(2,3)20-24-17-16(19(29)27(5)21(30)26(17)4)18(25-20)32-12-15(28)23-11-13-7-9-14(31-6)10-8-13/h7-10H,11-12H2,1-6H3,(H,23,28). The Labute approximate surface area is 189 Å². The van der Waals surface area contributed by atoms with Crippen LogP contribution in [0.5, 0.6) is 5.75 Å². The number of benzene rings is 1. The number of methoxy groups -OCH3 is 1. The van der Waals surface area contributed by atoms with E-state index < -0.39 is 16.7 Å². The molecular weight excluding hydrogens is 430 g/mol. The highest BCUT2D eigenvalue weighted by Gasteiger charge is 2.24. The van der Waals surface area contributed by atoms with E-state index in [0.717, 1.165) is 27.6 Å². The third-order valence-electron chi connectivity index (χ3n) is 4.93. The number of aryl methyl sites for hydroxylation is 1. The van der Waals surface area contributed by atoms with Gasteiger partial charge in [0, 0.05) is 26.1 Å². The number of amides is 1. The van der Waals surface area contributed by atoms with E-state index in [9.17, 15) is 14.4 Å². The lowest BCUT2D eigenvalue weighted by molar-refractivity contribution is -0.118. The van der Waals surface area contributed by atoms with E-state index in [0.29, 0.717) is 17.4 Å². The quantitative estimate of drug-likeness (QED) is 0.444. The lowest BCUT2D eigenvalue weighted by atomic mass is 9.96. The van der Waals surface area contributed by atoms with Gasteiger partial charge in [-0.15, -0.1) is 0 Å². The van der Waals surface area contributed by atoms with E-state index in [1.807, 2.05) is 45.0 Å². The van der Waals surface area contributed by atoms with Crippen LogP contribution in [0.4, 0.5) is 0 Å². The molecule has 0 unspecified atom stereocenters. The van der Waals surface area contributed by atoms with Gasteiger partial charge in [-0.2, -0.15) is 0 Å². The smallest absolute Gasteiger partial charge is 0.332 e. The first-order valence-corrected chi connectivity index (χ1v) is 11.0. The van der Waals surface area contributed by atoms with E-state index >= 15 is 0 Å². The number of carbonyl (C=O) groups is 1. The van der Waals surface area contributed by atoms with Gasteiger partial charge >= 0.3 is 5.69 Å². The molecule has 0 bridgehead atoms. The van der Waals surface area contributed by atoms with Crippen molar-refractivity contribution in [1.82, 2.24) is 24.4 Å². The molecule has 32 heavy (non-hydrogen) atoms. The Morgan fingerprint density at radius 3 is 2.34 bits per heavy atom. The topological polar surface area (TPSA) is 108 Å². The largest absolute Gasteiger partial charge is 0.497 e. The zero-order chi connectivity index (χ0) is 23.6. The Morgan fingerprint density at radius 2 is 1.75 bits per heavy atom. The molecule has 1 N–H and O–H groups in total. The van der Waals surface area contributed by atoms with Gasteiger partial charge in [-0.25, -0.2) is 14.8 Å². The molecule has 0 atom stereocenters. The number of ether oxygens (including phenoxy) is 1. The maximum atomic E-state index is 12.8. The van der Waals surface area contributed by atoms with Crippen molar-refractivity contribution in [3.05, 3.63) is 56.5 Å². The molecule has 1 aromatic carbocycles. The number of fused-ring (bicyclic) bond motifs is 1. The van der Waals surface area contributed by atoms with Crippen molar-refractivity contribution in [3.63, 3.8) is 0 Å². The summed E-state index contributed by atoms with van der Waals surface area (Å²) in [6.07, 6.45) is 0. The second-order valence-electron chi connectivity index (χ2n) is 8.42. The average Bonchev–Trinajstić information content (AvgIpc) is 2.77. The average molecular weight is 458 g/mol. The number of hydrogen-bond donors (Lipinski definition) is 1. The number of nitrogens with one attached hydrogen (secondary N) is 1. The molecule has 3 rings (SSSR count). The Bertz CT molecular complexity index is 1270. The molecule has 3 aromatic rings. The second kappa shape index (κ2) is 9.15. The minimum atomic E-state index is -0.482. The summed E-state index contributed by atoms with van der Waals surface area (Å²) in [5.41, 5.74) is -0.148. The lowest BCUT2D eigenvalue weighted by Crippen LogP contribution is -2.38. The summed E-state index contributed by atoms with van der Waals surface area (Å²) in [7, 11) is 4.58. The number of nitrogens with zero attached hydrogens (tertiary/aromatic N) is 4. The monoisotopic (exact) mass is 457 g/mol. The summed E-state index contributed by atoms with van der Waals surface area (Å²) in [6.45, 7) is 6.22. The maximum Gasteiger partial charge on any atom is 0.332 e. The minimum absolute atomic E-state index is 0.0673. The fourth-order valence-electron chi connectivity index (χ4n) is 3.00. The summed E-state index contributed by atoms with van der Waals surface area (Å²) >= 11 is 1.16. The summed E-state index contributed by atoms with van der Waals surface area (Å²) in [4.78, 5) is 46.8. The Balaban J connectivity index is 1.87. The van der Waals surface area contributed by atoms with Gasteiger partial charge in [-0.05, 0) is 17.7 Å². The summed E-state index contributed by atoms with van der Waals surface area (Å²) in [5.74, 6) is 1.11. The van der Waals surface area contributed by atoms with E-state index in [2.05, 4.69) is 15.3 Å². The van der Waals surface area contributed by atoms with E-state index in [1.165, 1.54) is 11.6 Å². The Kier molecular flexibility index (Phi) is 6.73. The summed E-state index contributed by atoms with van der Waals surface area (Å²) < 4.78 is 7.49. The van der Waals surface area contributed by atoms with E-state index in [1.54, 1.807) is 14.2 Å². The van der Waals surface area contributed by atoms with Crippen LogP contribution in [0.1, 0.15) is 32.2 Å². The number of thioether (sulfide) groups is 1. The van der Waals surface area contributed by atoms with Gasteiger partial charge in [-0.3, -0.25) is 18.7 Å². The van der Waals surface area contributed by atoms with Gasteiger partial charge in [0.1, 0.15) is 22.0 Å². The molecule has 2 heterocycles. The van der Waals surface area contributed by atoms with Gasteiger partial charge in [0.25, 0.3) is 5.56 Å². The highest BCUT2D eigenvalue weighted by atomic mass is 32.2. The van der Waals surface area contributed by atoms with Crippen molar-refractivity contribution in [2.45, 2.75) is 37.8 Å². The summed E-state index contributed by atoms with van der Waals surface area (Å²) in [6, 6.07) is 7.42. The predicted octanol–water partition coefficient (Wildman–Crippen LogP) is 1.74. The molecule has 0 fully saturated rings. The maximum absolute atomic E-state index is 12.8. The fourth-order valence-corrected chi connectivity index (χ4v) is 3.84. The first kappa shape index (κ1) is 23.5. The van der Waals surface area contributed by atoms with Gasteiger partial charge in [0.15, 0.2) is 5.65 Å². The predicted molar refractivity (Wildman–Crippen MR) is 124 cm³/mol. The molecule has 10 heteroatoms. The van der Waals surface area contributed by atoms with Crippen molar-refractivity contribution in [2.24, 2.45) is 14.1 Å². The highest BCUT2D eigenvalue weighted by Crippen LogP contribution is 2.26. The van der Waals surface area contributed by atoms with Gasteiger partial charge in [0.2, 0.25) is 5.91 Å². The number of carbonyl (C=O) groups excluding carboxylic acids is 1. The van der Waals surface area contributed by atoms with Crippen LogP contribution in [0, 0.1) is 0 Å². The molecule has 2 aromatic heterocycles. The van der Waals surface area contributed by atoms with Crippen LogP contribution in [0.25, 0.3) is 11.0 Å². The third-order valence-corrected chi connectivity index (χ3v) is 5.90. The molecule has 0 radical (unpaired) electrons. The number of hydrogen-bond acceptors (Lipinski definition) is 7. The van der Waals surface area contributed by atoms with Gasteiger partial charge in [-0.1, -0.05) is 44.7 Å². The molecule has 0 spiro atoms. The minimum Gasteiger partial charge on any atom is -0.497 e. The van der Waals surface area contributed by atoms with Gasteiger partial charge < -0.3 is 10.1 Å². The van der Waals surface area contributed by atoms with Crippen LogP contribution in [0.3, 0.4) is 0 Å². The second-order valence-corrected chi connectivity index (χ2v) is 9.38. The fraction of sp³-hybridized carbons (Fsp3) is 0.409. The van der Waals surface area contributed by atoms with Crippen molar-refractivity contribution in [2.75, 3.05) is 12.9 Å². The van der Waals surface area contributed by atoms with Crippen LogP contribution in [0.2, 0.25) is 0 Å². The number of aromatic nitrogens is 4. The van der Waals surface area contributed by atoms with Crippen molar-refractivity contribution >= 4 is 28.7 Å². The highest BCUT2D eigenvalue weighted by molar-refractivity contribution is 8.00. The van der Waals surface area contributed by atoms with Crippen LogP contribution in [-0.4, -0.2) is 37.9 Å². The van der Waals surface area contributed by atoms with Crippen molar-refractivity contribution < 1.29 is 9.53 Å². The van der Waals surface area contributed by atoms with Crippen LogP contribution >= 0.6 is 11.8 Å². The number of rotatable bonds is 6. The summed E-state index contributed by atoms with van der Waals surface area (Å²) in [5, 5.41) is 3.48. The molecular formula is C22H27N5O4S. The van der Waals surface area contributed by atoms with Crippen LogP contribution in [0.15, 0.2) is 38.9 Å². The first-order valence-electron chi connectivity index (χ1n) is 10.0. The molecule has 1 amide bonds. The van der Waals surface area contributed by atoms with E-state index in [-0.39, 0.29) is 22.7 Å².